The number of hydrogen-bond acceptors (Lipinski definition) is 4. The van der Waals surface area contributed by atoms with Crippen LogP contribution in [-0.4, -0.2) is 26.8 Å². The predicted molar refractivity (Wildman–Crippen MR) is 69.0 cm³/mol. The molecule has 0 saturated heterocycles. The van der Waals surface area contributed by atoms with Gasteiger partial charge in [-0.2, -0.15) is 0 Å². The predicted octanol–water partition coefficient (Wildman–Crippen LogP) is 2.45. The third-order valence-electron chi connectivity index (χ3n) is 2.64. The maximum absolute atomic E-state index is 11.6. The van der Waals surface area contributed by atoms with Crippen LogP contribution >= 0.6 is 0 Å². The highest BCUT2D eigenvalue weighted by atomic mass is 16.5. The van der Waals surface area contributed by atoms with E-state index in [-0.39, 0.29) is 11.9 Å². The van der Waals surface area contributed by atoms with Crippen molar-refractivity contribution < 1.29 is 19.0 Å². The third kappa shape index (κ3) is 3.95. The molecule has 18 heavy (non-hydrogen) atoms. The SMILES string of the molecule is CCOC(=O)C(C)Cc1cc(OC)cc(OC)c1. The van der Waals surface area contributed by atoms with Crippen molar-refractivity contribution in [1.82, 2.24) is 0 Å². The fourth-order valence-electron chi connectivity index (χ4n) is 1.71. The summed E-state index contributed by atoms with van der Waals surface area (Å²) in [4.78, 5) is 11.6. The van der Waals surface area contributed by atoms with Crippen LogP contribution in [0, 0.1) is 5.92 Å². The molecule has 0 N–H and O–H groups in total. The first kappa shape index (κ1) is 14.4. The zero-order chi connectivity index (χ0) is 13.5. The van der Waals surface area contributed by atoms with E-state index in [1.54, 1.807) is 27.2 Å². The first-order chi connectivity index (χ1) is 8.60. The second-order valence-electron chi connectivity index (χ2n) is 4.08. The zero-order valence-electron chi connectivity index (χ0n) is 11.4. The topological polar surface area (TPSA) is 44.8 Å². The number of hydrogen-bond donors (Lipinski definition) is 0. The lowest BCUT2D eigenvalue weighted by Gasteiger charge is -2.12. The summed E-state index contributed by atoms with van der Waals surface area (Å²) in [6.45, 7) is 4.06. The van der Waals surface area contributed by atoms with Crippen molar-refractivity contribution >= 4 is 5.97 Å². The lowest BCUT2D eigenvalue weighted by molar-refractivity contribution is -0.147. The van der Waals surface area contributed by atoms with Gasteiger partial charge in [-0.25, -0.2) is 0 Å². The van der Waals surface area contributed by atoms with Crippen LogP contribution in [0.25, 0.3) is 0 Å². The average Bonchev–Trinajstić information content (AvgIpc) is 2.38. The molecule has 0 aliphatic rings. The highest BCUT2D eigenvalue weighted by Crippen LogP contribution is 2.24. The van der Waals surface area contributed by atoms with Gasteiger partial charge in [-0.1, -0.05) is 6.92 Å². The second kappa shape index (κ2) is 6.89. The van der Waals surface area contributed by atoms with Gasteiger partial charge in [0.1, 0.15) is 11.5 Å². The Morgan fingerprint density at radius 3 is 2.17 bits per heavy atom. The molecule has 0 saturated carbocycles. The van der Waals surface area contributed by atoms with Crippen LogP contribution in [0.4, 0.5) is 0 Å². The van der Waals surface area contributed by atoms with Crippen LogP contribution < -0.4 is 9.47 Å². The molecule has 4 nitrogen and oxygen atoms in total. The molecule has 0 spiro atoms. The standard InChI is InChI=1S/C14H20O4/c1-5-18-14(15)10(2)6-11-7-12(16-3)9-13(8-11)17-4/h7-10H,5-6H2,1-4H3. The maximum atomic E-state index is 11.6. The summed E-state index contributed by atoms with van der Waals surface area (Å²) in [6.07, 6.45) is 0.604. The van der Waals surface area contributed by atoms with E-state index in [2.05, 4.69) is 0 Å². The Labute approximate surface area is 108 Å². The van der Waals surface area contributed by atoms with Crippen molar-refractivity contribution in [1.29, 1.82) is 0 Å². The Kier molecular flexibility index (Phi) is 5.49. The van der Waals surface area contributed by atoms with Crippen molar-refractivity contribution in [2.75, 3.05) is 20.8 Å². The molecule has 1 aromatic carbocycles. The van der Waals surface area contributed by atoms with Gasteiger partial charge in [-0.3, -0.25) is 4.79 Å². The molecule has 1 atom stereocenters. The van der Waals surface area contributed by atoms with Crippen LogP contribution in [-0.2, 0) is 16.0 Å². The van der Waals surface area contributed by atoms with Crippen LogP contribution in [0.2, 0.25) is 0 Å². The van der Waals surface area contributed by atoms with Crippen LogP contribution in [0.15, 0.2) is 18.2 Å². The molecule has 1 rings (SSSR count). The number of esters is 1. The fourth-order valence-corrected chi connectivity index (χ4v) is 1.71. The molecule has 1 aromatic rings. The molecule has 0 bridgehead atoms. The van der Waals surface area contributed by atoms with E-state index in [4.69, 9.17) is 14.2 Å². The van der Waals surface area contributed by atoms with Crippen molar-refractivity contribution in [2.45, 2.75) is 20.3 Å². The maximum Gasteiger partial charge on any atom is 0.308 e. The van der Waals surface area contributed by atoms with Crippen molar-refractivity contribution in [3.8, 4) is 11.5 Å². The van der Waals surface area contributed by atoms with Gasteiger partial charge in [-0.05, 0) is 31.0 Å². The molecule has 1 unspecified atom stereocenters. The summed E-state index contributed by atoms with van der Waals surface area (Å²) in [5.41, 5.74) is 0.992. The summed E-state index contributed by atoms with van der Waals surface area (Å²) < 4.78 is 15.4. The minimum atomic E-state index is -0.181. The van der Waals surface area contributed by atoms with Crippen molar-refractivity contribution in [2.24, 2.45) is 5.92 Å². The fraction of sp³-hybridized carbons (Fsp3) is 0.500. The largest absolute Gasteiger partial charge is 0.497 e. The van der Waals surface area contributed by atoms with Crippen LogP contribution in [0.3, 0.4) is 0 Å². The first-order valence-corrected chi connectivity index (χ1v) is 5.99. The summed E-state index contributed by atoms with van der Waals surface area (Å²) in [5.74, 6) is 1.09. The van der Waals surface area contributed by atoms with Crippen molar-refractivity contribution in [3.63, 3.8) is 0 Å². The van der Waals surface area contributed by atoms with Gasteiger partial charge in [0.2, 0.25) is 0 Å². The monoisotopic (exact) mass is 252 g/mol. The molecule has 0 heterocycles. The molecule has 0 aliphatic heterocycles. The molecule has 100 valence electrons. The minimum absolute atomic E-state index is 0.179. The summed E-state index contributed by atoms with van der Waals surface area (Å²) >= 11 is 0. The number of benzene rings is 1. The van der Waals surface area contributed by atoms with Gasteiger partial charge in [0.05, 0.1) is 26.7 Å². The van der Waals surface area contributed by atoms with E-state index in [1.165, 1.54) is 0 Å². The molecule has 0 amide bonds. The summed E-state index contributed by atoms with van der Waals surface area (Å²) in [5, 5.41) is 0. The van der Waals surface area contributed by atoms with Gasteiger partial charge in [-0.15, -0.1) is 0 Å². The number of carbonyl (C=O) groups excluding carboxylic acids is 1. The third-order valence-corrected chi connectivity index (χ3v) is 2.64. The van der Waals surface area contributed by atoms with Gasteiger partial charge in [0, 0.05) is 6.07 Å². The molecule has 0 aliphatic carbocycles. The number of rotatable bonds is 6. The molecule has 0 fully saturated rings. The van der Waals surface area contributed by atoms with Gasteiger partial charge < -0.3 is 14.2 Å². The minimum Gasteiger partial charge on any atom is -0.497 e. The molecule has 0 radical (unpaired) electrons. The lowest BCUT2D eigenvalue weighted by Crippen LogP contribution is -2.16. The van der Waals surface area contributed by atoms with Gasteiger partial charge in [0.25, 0.3) is 0 Å². The van der Waals surface area contributed by atoms with E-state index in [0.717, 1.165) is 17.1 Å². The summed E-state index contributed by atoms with van der Waals surface area (Å²) in [6, 6.07) is 5.61. The van der Waals surface area contributed by atoms with Crippen LogP contribution in [0.5, 0.6) is 11.5 Å². The Balaban J connectivity index is 2.79. The Morgan fingerprint density at radius 1 is 1.17 bits per heavy atom. The van der Waals surface area contributed by atoms with Crippen LogP contribution in [0.1, 0.15) is 19.4 Å². The summed E-state index contributed by atoms with van der Waals surface area (Å²) in [7, 11) is 3.21. The van der Waals surface area contributed by atoms with E-state index >= 15 is 0 Å². The molecular formula is C14H20O4. The quantitative estimate of drug-likeness (QED) is 0.729. The molecular weight excluding hydrogens is 232 g/mol. The zero-order valence-corrected chi connectivity index (χ0v) is 11.4. The first-order valence-electron chi connectivity index (χ1n) is 5.99. The molecule has 0 aromatic heterocycles. The molecule has 4 heteroatoms. The normalized spacial score (nSPS) is 11.8. The number of ether oxygens (including phenoxy) is 3. The van der Waals surface area contributed by atoms with E-state index in [9.17, 15) is 4.79 Å². The number of methoxy groups -OCH3 is 2. The smallest absolute Gasteiger partial charge is 0.308 e. The van der Waals surface area contributed by atoms with Gasteiger partial charge in [0.15, 0.2) is 0 Å². The lowest BCUT2D eigenvalue weighted by atomic mass is 10.0. The van der Waals surface area contributed by atoms with E-state index in [0.29, 0.717) is 13.0 Å². The van der Waals surface area contributed by atoms with E-state index in [1.807, 2.05) is 19.1 Å². The van der Waals surface area contributed by atoms with Gasteiger partial charge >= 0.3 is 5.97 Å². The highest BCUT2D eigenvalue weighted by Gasteiger charge is 2.15. The Hall–Kier alpha value is -1.71. The second-order valence-corrected chi connectivity index (χ2v) is 4.08. The Bertz CT molecular complexity index is 379. The van der Waals surface area contributed by atoms with Crippen molar-refractivity contribution in [3.05, 3.63) is 23.8 Å². The van der Waals surface area contributed by atoms with E-state index < -0.39 is 0 Å². The highest BCUT2D eigenvalue weighted by molar-refractivity contribution is 5.72. The average molecular weight is 252 g/mol. The number of carbonyl (C=O) groups is 1. The Morgan fingerprint density at radius 2 is 1.72 bits per heavy atom.